The molecule has 1 fully saturated rings. The molecule has 1 amide bonds. The maximum Gasteiger partial charge on any atom is 0.261 e. The number of H-pyrrole nitrogens is 1. The molecule has 0 aliphatic carbocycles. The number of aryl methyl sites for hydroxylation is 1. The molecule has 1 N–H and O–H groups in total. The summed E-state index contributed by atoms with van der Waals surface area (Å²) in [6.45, 7) is 8.05. The number of piperazine rings is 1. The number of methoxy groups -OCH3 is 1. The lowest BCUT2D eigenvalue weighted by molar-refractivity contribution is 0.0771. The Balaban J connectivity index is 1.30. The van der Waals surface area contributed by atoms with Crippen LogP contribution in [-0.2, 0) is 4.74 Å². The third-order valence-electron chi connectivity index (χ3n) is 5.86. The summed E-state index contributed by atoms with van der Waals surface area (Å²) < 4.78 is 11.1. The highest BCUT2D eigenvalue weighted by Gasteiger charge is 2.26. The topological polar surface area (TPSA) is 73.9 Å². The van der Waals surface area contributed by atoms with E-state index < -0.39 is 0 Å². The fourth-order valence-electron chi connectivity index (χ4n) is 4.12. The number of hydrogen-bond donors (Lipinski definition) is 1. The predicted octanol–water partition coefficient (Wildman–Crippen LogP) is 2.64. The number of benzene rings is 1. The third-order valence-corrected chi connectivity index (χ3v) is 5.86. The number of aromatic amines is 1. The second kappa shape index (κ2) is 9.98. The number of rotatable bonds is 8. The number of aromatic nitrogens is 2. The molecule has 0 radical (unpaired) electrons. The first-order valence-electron chi connectivity index (χ1n) is 10.9. The highest BCUT2D eigenvalue weighted by atomic mass is 16.5. The molecular formula is C23H31N5O3. The van der Waals surface area contributed by atoms with E-state index in [1.807, 2.05) is 36.2 Å². The molecule has 166 valence electrons. The lowest BCUT2D eigenvalue weighted by atomic mass is 10.1. The number of carbonyl (C=O) groups excluding carboxylic acids is 1. The smallest absolute Gasteiger partial charge is 0.261 e. The van der Waals surface area contributed by atoms with E-state index in [1.54, 1.807) is 19.7 Å². The Morgan fingerprint density at radius 3 is 2.71 bits per heavy atom. The van der Waals surface area contributed by atoms with Gasteiger partial charge < -0.3 is 24.3 Å². The summed E-state index contributed by atoms with van der Waals surface area (Å²) in [6, 6.07) is 5.71. The van der Waals surface area contributed by atoms with Crippen molar-refractivity contribution in [3.63, 3.8) is 0 Å². The Morgan fingerprint density at radius 2 is 1.97 bits per heavy atom. The zero-order valence-electron chi connectivity index (χ0n) is 18.3. The van der Waals surface area contributed by atoms with Crippen LogP contribution in [0.3, 0.4) is 0 Å². The molecule has 0 saturated carbocycles. The van der Waals surface area contributed by atoms with Crippen molar-refractivity contribution in [1.29, 1.82) is 0 Å². The molecule has 31 heavy (non-hydrogen) atoms. The van der Waals surface area contributed by atoms with Crippen LogP contribution in [0.5, 0.6) is 5.75 Å². The average molecular weight is 426 g/mol. The minimum absolute atomic E-state index is 0.0212. The lowest BCUT2D eigenvalue weighted by Gasteiger charge is -2.35. The van der Waals surface area contributed by atoms with E-state index in [9.17, 15) is 4.79 Å². The number of nitrogens with zero attached hydrogens (tertiary/aromatic N) is 4. The van der Waals surface area contributed by atoms with E-state index in [1.165, 1.54) is 0 Å². The number of anilines is 1. The van der Waals surface area contributed by atoms with E-state index in [0.717, 1.165) is 62.6 Å². The molecule has 1 saturated heterocycles. The first-order valence-corrected chi connectivity index (χ1v) is 10.9. The largest absolute Gasteiger partial charge is 0.462 e. The summed E-state index contributed by atoms with van der Waals surface area (Å²) in [5.74, 6) is 1.60. The second-order valence-electron chi connectivity index (χ2n) is 8.08. The highest BCUT2D eigenvalue weighted by molar-refractivity contribution is 5.98. The van der Waals surface area contributed by atoms with Gasteiger partial charge in [0.15, 0.2) is 0 Å². The number of fused-ring (bicyclic) bond motifs is 1. The summed E-state index contributed by atoms with van der Waals surface area (Å²) in [4.78, 5) is 27.2. The number of hydrogen-bond acceptors (Lipinski definition) is 6. The van der Waals surface area contributed by atoms with Gasteiger partial charge in [0.05, 0.1) is 24.2 Å². The van der Waals surface area contributed by atoms with Crippen LogP contribution >= 0.6 is 0 Å². The van der Waals surface area contributed by atoms with Gasteiger partial charge in [-0.05, 0) is 38.4 Å². The molecule has 8 heteroatoms. The fourth-order valence-corrected chi connectivity index (χ4v) is 4.12. The summed E-state index contributed by atoms with van der Waals surface area (Å²) >= 11 is 0. The van der Waals surface area contributed by atoms with Crippen molar-refractivity contribution >= 4 is 11.7 Å². The predicted molar refractivity (Wildman–Crippen MR) is 119 cm³/mol. The van der Waals surface area contributed by atoms with Gasteiger partial charge in [-0.25, -0.2) is 4.98 Å². The highest BCUT2D eigenvalue weighted by Crippen LogP contribution is 2.27. The van der Waals surface area contributed by atoms with Gasteiger partial charge in [-0.15, -0.1) is 0 Å². The molecule has 3 heterocycles. The van der Waals surface area contributed by atoms with Crippen molar-refractivity contribution in [2.45, 2.75) is 19.8 Å². The fraction of sp³-hybridized carbons (Fsp3) is 0.478. The number of imidazole rings is 1. The van der Waals surface area contributed by atoms with E-state index >= 15 is 0 Å². The Labute approximate surface area is 183 Å². The molecule has 0 unspecified atom stereocenters. The van der Waals surface area contributed by atoms with Gasteiger partial charge in [-0.2, -0.15) is 0 Å². The van der Waals surface area contributed by atoms with E-state index in [-0.39, 0.29) is 5.91 Å². The minimum Gasteiger partial charge on any atom is -0.462 e. The molecular weight excluding hydrogens is 394 g/mol. The van der Waals surface area contributed by atoms with Crippen molar-refractivity contribution in [2.75, 3.05) is 57.9 Å². The first-order chi connectivity index (χ1) is 15.2. The number of unbranched alkanes of at least 4 members (excludes halogenated alkanes) is 1. The zero-order chi connectivity index (χ0) is 21.6. The van der Waals surface area contributed by atoms with Gasteiger partial charge in [0.25, 0.3) is 5.91 Å². The summed E-state index contributed by atoms with van der Waals surface area (Å²) in [6.07, 6.45) is 7.28. The molecule has 4 rings (SSSR count). The molecule has 0 spiro atoms. The SMILES string of the molecule is COCC1=COc2ccc(C)cc2C(=O)N1CCCCN1CCN(c2c[nH]cn2)CC1. The van der Waals surface area contributed by atoms with Gasteiger partial charge in [-0.3, -0.25) is 9.69 Å². The van der Waals surface area contributed by atoms with E-state index in [0.29, 0.717) is 24.5 Å². The van der Waals surface area contributed by atoms with Crippen LogP contribution in [0, 0.1) is 6.92 Å². The van der Waals surface area contributed by atoms with Crippen LogP contribution in [-0.4, -0.2) is 78.7 Å². The number of ether oxygens (including phenoxy) is 2. The average Bonchev–Trinajstić information content (AvgIpc) is 3.29. The Hall–Kier alpha value is -2.84. The molecule has 1 aromatic heterocycles. The van der Waals surface area contributed by atoms with Gasteiger partial charge in [0.2, 0.25) is 0 Å². The normalized spacial score (nSPS) is 17.2. The Morgan fingerprint density at radius 1 is 1.16 bits per heavy atom. The monoisotopic (exact) mass is 425 g/mol. The molecule has 0 atom stereocenters. The Kier molecular flexibility index (Phi) is 6.89. The van der Waals surface area contributed by atoms with Crippen LogP contribution in [0.1, 0.15) is 28.8 Å². The quantitative estimate of drug-likeness (QED) is 0.656. The molecule has 2 aliphatic rings. The van der Waals surface area contributed by atoms with Crippen molar-refractivity contribution in [3.05, 3.63) is 53.8 Å². The van der Waals surface area contributed by atoms with Crippen LogP contribution in [0.2, 0.25) is 0 Å². The van der Waals surface area contributed by atoms with Crippen LogP contribution in [0.15, 0.2) is 42.7 Å². The van der Waals surface area contributed by atoms with Crippen LogP contribution in [0.25, 0.3) is 0 Å². The maximum absolute atomic E-state index is 13.2. The van der Waals surface area contributed by atoms with Crippen LogP contribution < -0.4 is 9.64 Å². The number of nitrogens with one attached hydrogen (secondary N) is 1. The first kappa shape index (κ1) is 21.4. The van der Waals surface area contributed by atoms with Crippen LogP contribution in [0.4, 0.5) is 5.82 Å². The van der Waals surface area contributed by atoms with Crippen molar-refractivity contribution < 1.29 is 14.3 Å². The van der Waals surface area contributed by atoms with Crippen molar-refractivity contribution in [2.24, 2.45) is 0 Å². The molecule has 0 bridgehead atoms. The molecule has 8 nitrogen and oxygen atoms in total. The van der Waals surface area contributed by atoms with Gasteiger partial charge in [0.1, 0.15) is 17.8 Å². The summed E-state index contributed by atoms with van der Waals surface area (Å²) in [7, 11) is 1.63. The summed E-state index contributed by atoms with van der Waals surface area (Å²) in [5, 5.41) is 0. The third kappa shape index (κ3) is 5.08. The van der Waals surface area contributed by atoms with Crippen molar-refractivity contribution in [3.8, 4) is 5.75 Å². The maximum atomic E-state index is 13.2. The van der Waals surface area contributed by atoms with E-state index in [2.05, 4.69) is 19.8 Å². The summed E-state index contributed by atoms with van der Waals surface area (Å²) in [5.41, 5.74) is 2.41. The molecule has 2 aliphatic heterocycles. The number of carbonyl (C=O) groups is 1. The molecule has 1 aromatic carbocycles. The van der Waals surface area contributed by atoms with E-state index in [4.69, 9.17) is 9.47 Å². The van der Waals surface area contributed by atoms with Gasteiger partial charge >= 0.3 is 0 Å². The lowest BCUT2D eigenvalue weighted by Crippen LogP contribution is -2.46. The second-order valence-corrected chi connectivity index (χ2v) is 8.08. The van der Waals surface area contributed by atoms with Gasteiger partial charge in [-0.1, -0.05) is 11.6 Å². The standard InChI is InChI=1S/C23H31N5O3/c1-18-5-6-21-20(13-18)23(29)28(19(15-30-2)16-31-21)8-4-3-7-26-9-11-27(12-10-26)22-14-24-17-25-22/h5-6,13-14,16-17H,3-4,7-12,15H2,1-2H3,(H,24,25). The zero-order valence-corrected chi connectivity index (χ0v) is 18.3. The Bertz CT molecular complexity index is 904. The number of amides is 1. The molecule has 2 aromatic rings. The van der Waals surface area contributed by atoms with Gasteiger partial charge in [0, 0.05) is 46.0 Å². The van der Waals surface area contributed by atoms with Crippen molar-refractivity contribution in [1.82, 2.24) is 19.8 Å². The minimum atomic E-state index is -0.0212.